The summed E-state index contributed by atoms with van der Waals surface area (Å²) in [5.41, 5.74) is 9.78. The number of nitrogens with zero attached hydrogens (tertiary/aromatic N) is 2. The minimum Gasteiger partial charge on any atom is -0.309 e. The van der Waals surface area contributed by atoms with Crippen LogP contribution in [0.15, 0.2) is 182 Å². The van der Waals surface area contributed by atoms with Gasteiger partial charge in [-0.1, -0.05) is 127 Å². The molecule has 0 atom stereocenters. The Kier molecular flexibility index (Phi) is 5.96. The minimum absolute atomic E-state index is 1.21. The van der Waals surface area contributed by atoms with Crippen molar-refractivity contribution in [2.75, 3.05) is 0 Å². The van der Waals surface area contributed by atoms with Crippen molar-refractivity contribution in [3.63, 3.8) is 0 Å². The Balaban J connectivity index is 1.14. The first-order chi connectivity index (χ1) is 26.3. The molecule has 0 aliphatic rings. The maximum absolute atomic E-state index is 2.53. The van der Waals surface area contributed by atoms with Gasteiger partial charge in [-0.3, -0.25) is 0 Å². The largest absolute Gasteiger partial charge is 0.309 e. The minimum atomic E-state index is 1.21. The molecular weight excluding hydrogens is 661 g/mol. The molecule has 0 unspecified atom stereocenters. The van der Waals surface area contributed by atoms with Gasteiger partial charge in [0.05, 0.1) is 33.4 Å². The molecular formula is C50H30N2S. The van der Waals surface area contributed by atoms with E-state index in [0.717, 1.165) is 0 Å². The Hall–Kier alpha value is -6.68. The Labute approximate surface area is 309 Å². The number of fused-ring (bicyclic) bond motifs is 12. The number of benzene rings is 9. The summed E-state index contributed by atoms with van der Waals surface area (Å²) in [6.45, 7) is 0. The van der Waals surface area contributed by atoms with Crippen LogP contribution in [-0.4, -0.2) is 9.13 Å². The van der Waals surface area contributed by atoms with E-state index in [4.69, 9.17) is 0 Å². The van der Waals surface area contributed by atoms with Crippen molar-refractivity contribution in [1.82, 2.24) is 9.13 Å². The van der Waals surface area contributed by atoms with Crippen molar-refractivity contribution >= 4 is 96.7 Å². The molecule has 12 rings (SSSR count). The lowest BCUT2D eigenvalue weighted by Gasteiger charge is -2.13. The molecule has 3 aromatic heterocycles. The van der Waals surface area contributed by atoms with Crippen LogP contribution in [0.5, 0.6) is 0 Å². The van der Waals surface area contributed by atoms with Gasteiger partial charge in [0.15, 0.2) is 0 Å². The van der Waals surface area contributed by atoms with Gasteiger partial charge >= 0.3 is 0 Å². The molecule has 246 valence electrons. The summed E-state index contributed by atoms with van der Waals surface area (Å²) in [6, 6.07) is 67.2. The molecule has 0 N–H and O–H groups in total. The van der Waals surface area contributed by atoms with Gasteiger partial charge in [-0.25, -0.2) is 0 Å². The molecule has 0 radical (unpaired) electrons. The Morgan fingerprint density at radius 1 is 0.321 bits per heavy atom. The molecule has 0 saturated carbocycles. The smallest absolute Gasteiger partial charge is 0.0634 e. The van der Waals surface area contributed by atoms with E-state index in [2.05, 4.69) is 191 Å². The van der Waals surface area contributed by atoms with E-state index in [1.165, 1.54) is 108 Å². The van der Waals surface area contributed by atoms with Crippen LogP contribution in [0.25, 0.3) is 108 Å². The molecule has 9 aromatic carbocycles. The van der Waals surface area contributed by atoms with Gasteiger partial charge in [-0.05, 0) is 76.5 Å². The summed E-state index contributed by atoms with van der Waals surface area (Å²) in [5, 5.41) is 12.7. The van der Waals surface area contributed by atoms with Crippen LogP contribution in [0.4, 0.5) is 0 Å². The second kappa shape index (κ2) is 10.9. The number of aromatic nitrogens is 2. The first-order valence-electron chi connectivity index (χ1n) is 18.2. The number of hydrogen-bond donors (Lipinski definition) is 0. The summed E-state index contributed by atoms with van der Waals surface area (Å²) >= 11 is 1.88. The fraction of sp³-hybridized carbons (Fsp3) is 0. The molecule has 0 fully saturated rings. The van der Waals surface area contributed by atoms with Gasteiger partial charge < -0.3 is 9.13 Å². The zero-order chi connectivity index (χ0) is 34.6. The van der Waals surface area contributed by atoms with E-state index in [1.807, 2.05) is 11.3 Å². The predicted octanol–water partition coefficient (Wildman–Crippen LogP) is 14.2. The summed E-state index contributed by atoms with van der Waals surface area (Å²) in [4.78, 5) is 0. The number of thiophene rings is 1. The second-order valence-electron chi connectivity index (χ2n) is 14.1. The molecule has 0 saturated heterocycles. The maximum Gasteiger partial charge on any atom is 0.0634 e. The number of para-hydroxylation sites is 1. The van der Waals surface area contributed by atoms with E-state index in [1.54, 1.807) is 0 Å². The van der Waals surface area contributed by atoms with E-state index in [9.17, 15) is 0 Å². The van der Waals surface area contributed by atoms with Gasteiger partial charge in [0, 0.05) is 52.5 Å². The topological polar surface area (TPSA) is 9.86 Å². The van der Waals surface area contributed by atoms with Gasteiger partial charge in [0.25, 0.3) is 0 Å². The van der Waals surface area contributed by atoms with E-state index < -0.39 is 0 Å². The fourth-order valence-corrected chi connectivity index (χ4v) is 10.1. The zero-order valence-corrected chi connectivity index (χ0v) is 29.4. The summed E-state index contributed by atoms with van der Waals surface area (Å²) in [5.74, 6) is 0. The highest BCUT2D eigenvalue weighted by Crippen LogP contribution is 2.45. The standard InChI is InChI=1S/C50H30N2S/c1-3-15-35-31(11-1)13-9-20-42(35)51-44-19-7-5-17-37(44)40-29-33(23-26-45(40)51)34-24-27-46-41(30-34)38-25-28-48-49(39-18-6-8-22-47(39)53-48)50(38)52(46)43-21-10-14-32-12-2-4-16-36(32)43/h1-30H. The Morgan fingerprint density at radius 3 is 1.57 bits per heavy atom. The van der Waals surface area contributed by atoms with Crippen LogP contribution >= 0.6 is 11.3 Å². The highest BCUT2D eigenvalue weighted by Gasteiger charge is 2.21. The number of rotatable bonds is 3. The van der Waals surface area contributed by atoms with Crippen LogP contribution in [0, 0.1) is 0 Å². The van der Waals surface area contributed by atoms with Gasteiger partial charge in [0.1, 0.15) is 0 Å². The summed E-state index contributed by atoms with van der Waals surface area (Å²) in [7, 11) is 0. The average Bonchev–Trinajstić information content (AvgIpc) is 3.87. The monoisotopic (exact) mass is 690 g/mol. The van der Waals surface area contributed by atoms with Gasteiger partial charge in [-0.15, -0.1) is 11.3 Å². The molecule has 12 aromatic rings. The van der Waals surface area contributed by atoms with E-state index >= 15 is 0 Å². The molecule has 0 spiro atoms. The summed E-state index contributed by atoms with van der Waals surface area (Å²) in [6.07, 6.45) is 0. The average molecular weight is 691 g/mol. The predicted molar refractivity (Wildman–Crippen MR) is 228 cm³/mol. The second-order valence-corrected chi connectivity index (χ2v) is 15.2. The lowest BCUT2D eigenvalue weighted by Crippen LogP contribution is -1.95. The summed E-state index contributed by atoms with van der Waals surface area (Å²) < 4.78 is 7.60. The van der Waals surface area contributed by atoms with E-state index in [0.29, 0.717) is 0 Å². The van der Waals surface area contributed by atoms with Gasteiger partial charge in [0.2, 0.25) is 0 Å². The van der Waals surface area contributed by atoms with Crippen LogP contribution in [-0.2, 0) is 0 Å². The van der Waals surface area contributed by atoms with Crippen molar-refractivity contribution in [2.45, 2.75) is 0 Å². The SMILES string of the molecule is c1ccc2c(-n3c4ccccc4c4cc(-c5ccc6c(c5)c5ccc7sc8ccccc8c7c5n6-c5cccc6ccccc56)ccc43)cccc2c1. The van der Waals surface area contributed by atoms with Crippen molar-refractivity contribution in [2.24, 2.45) is 0 Å². The van der Waals surface area contributed by atoms with Crippen LogP contribution in [0.3, 0.4) is 0 Å². The number of hydrogen-bond acceptors (Lipinski definition) is 1. The van der Waals surface area contributed by atoms with Gasteiger partial charge in [-0.2, -0.15) is 0 Å². The molecule has 3 heteroatoms. The Morgan fingerprint density at radius 2 is 0.849 bits per heavy atom. The van der Waals surface area contributed by atoms with Crippen LogP contribution < -0.4 is 0 Å². The first kappa shape index (κ1) is 29.0. The zero-order valence-electron chi connectivity index (χ0n) is 28.6. The molecule has 0 aliphatic carbocycles. The lowest BCUT2D eigenvalue weighted by molar-refractivity contribution is 1.20. The third-order valence-corrected chi connectivity index (χ3v) is 12.4. The third kappa shape index (κ3) is 4.08. The van der Waals surface area contributed by atoms with Crippen LogP contribution in [0.2, 0.25) is 0 Å². The normalized spacial score (nSPS) is 12.2. The van der Waals surface area contributed by atoms with E-state index in [-0.39, 0.29) is 0 Å². The van der Waals surface area contributed by atoms with Crippen molar-refractivity contribution in [3.8, 4) is 22.5 Å². The van der Waals surface area contributed by atoms with Crippen molar-refractivity contribution < 1.29 is 0 Å². The molecule has 3 heterocycles. The fourth-order valence-electron chi connectivity index (χ4n) is 8.96. The molecule has 2 nitrogen and oxygen atoms in total. The molecule has 0 bridgehead atoms. The van der Waals surface area contributed by atoms with Crippen molar-refractivity contribution in [3.05, 3.63) is 182 Å². The quantitative estimate of drug-likeness (QED) is 0.175. The third-order valence-electron chi connectivity index (χ3n) is 11.3. The van der Waals surface area contributed by atoms with Crippen LogP contribution in [0.1, 0.15) is 0 Å². The van der Waals surface area contributed by atoms with Crippen molar-refractivity contribution in [1.29, 1.82) is 0 Å². The highest BCUT2D eigenvalue weighted by atomic mass is 32.1. The Bertz CT molecular complexity index is 3460. The molecule has 53 heavy (non-hydrogen) atoms. The first-order valence-corrected chi connectivity index (χ1v) is 19.0. The molecule has 0 amide bonds. The maximum atomic E-state index is 2.53. The lowest BCUT2D eigenvalue weighted by atomic mass is 10.00. The molecule has 0 aliphatic heterocycles. The highest BCUT2D eigenvalue weighted by molar-refractivity contribution is 7.26.